The average Bonchev–Trinajstić information content (AvgIpc) is 3.64. The molecular weight excluding hydrogens is 600 g/mol. The van der Waals surface area contributed by atoms with Crippen molar-refractivity contribution in [2.45, 2.75) is 62.6 Å². The van der Waals surface area contributed by atoms with E-state index in [1.165, 1.54) is 0 Å². The SMILES string of the molecule is CCN1[C@H]2Cc3c4ccc(C(=O)N5CCCCC5)cc4nn3[C@H]2[C@H](c2cccc(Cl)c2F)[C@@]12Cc1ccc(Cl)cc1NC2=O. The molecule has 7 nitrogen and oxygen atoms in total. The van der Waals surface area contributed by atoms with Crippen LogP contribution in [0.2, 0.25) is 10.0 Å². The summed E-state index contributed by atoms with van der Waals surface area (Å²) in [5.74, 6) is -1.24. The van der Waals surface area contributed by atoms with Crippen LogP contribution in [0, 0.1) is 5.82 Å². The molecule has 2 fully saturated rings. The van der Waals surface area contributed by atoms with Gasteiger partial charge < -0.3 is 10.2 Å². The second kappa shape index (κ2) is 10.3. The van der Waals surface area contributed by atoms with Crippen LogP contribution < -0.4 is 5.32 Å². The van der Waals surface area contributed by atoms with E-state index in [0.29, 0.717) is 41.2 Å². The molecule has 4 aliphatic rings. The fraction of sp³-hybridized carbons (Fsp3) is 0.382. The number of rotatable bonds is 3. The van der Waals surface area contributed by atoms with Gasteiger partial charge in [0.1, 0.15) is 11.4 Å². The van der Waals surface area contributed by atoms with Crippen LogP contribution in [0.1, 0.15) is 65.3 Å². The Morgan fingerprint density at radius 2 is 1.91 bits per heavy atom. The molecule has 1 spiro atoms. The summed E-state index contributed by atoms with van der Waals surface area (Å²) in [4.78, 5) is 31.9. The van der Waals surface area contributed by atoms with Gasteiger partial charge in [-0.1, -0.05) is 54.4 Å². The number of aromatic nitrogens is 2. The number of nitrogens with zero attached hydrogens (tertiary/aromatic N) is 4. The summed E-state index contributed by atoms with van der Waals surface area (Å²) in [6.45, 7) is 4.20. The van der Waals surface area contributed by atoms with E-state index >= 15 is 4.39 Å². The smallest absolute Gasteiger partial charge is 0.253 e. The van der Waals surface area contributed by atoms with E-state index in [0.717, 1.165) is 54.5 Å². The number of hydrogen-bond donors (Lipinski definition) is 1. The number of benzene rings is 3. The minimum absolute atomic E-state index is 0.0252. The lowest BCUT2D eigenvalue weighted by Crippen LogP contribution is -2.61. The molecule has 2 saturated heterocycles. The fourth-order valence-electron chi connectivity index (χ4n) is 8.54. The number of hydrogen-bond acceptors (Lipinski definition) is 4. The number of likely N-dealkylation sites (tertiary alicyclic amines) is 2. The standard InChI is InChI=1S/C34H32Cl2FN5O2/c1-2-41-28-17-27-22-12-10-19(32(43)40-13-4-3-5-14-40)15-26(22)39-42(27)31(28)29(23-7-6-8-24(36)30(23)37)34(41)18-20-9-11-21(35)16-25(20)38-33(34)44/h6-12,15-16,28-29,31H,2-5,13-14,17-18H2,1H3,(H,38,44)/t28-,29-,31+,34+/m0/s1. The Labute approximate surface area is 264 Å². The third-order valence-corrected chi connectivity index (χ3v) is 10.9. The number of carbonyl (C=O) groups is 2. The van der Waals surface area contributed by atoms with Crippen molar-refractivity contribution < 1.29 is 14.0 Å². The predicted octanol–water partition coefficient (Wildman–Crippen LogP) is 6.63. The molecule has 5 heterocycles. The van der Waals surface area contributed by atoms with Gasteiger partial charge >= 0.3 is 0 Å². The lowest BCUT2D eigenvalue weighted by molar-refractivity contribution is -0.128. The van der Waals surface area contributed by atoms with Crippen molar-refractivity contribution in [2.75, 3.05) is 25.0 Å². The lowest BCUT2D eigenvalue weighted by atomic mass is 9.71. The van der Waals surface area contributed by atoms with Gasteiger partial charge in [0, 0.05) is 65.2 Å². The Balaban J connectivity index is 1.28. The number of piperidine rings is 1. The van der Waals surface area contributed by atoms with E-state index < -0.39 is 17.3 Å². The van der Waals surface area contributed by atoms with Crippen molar-refractivity contribution >= 4 is 51.6 Å². The molecule has 3 aromatic carbocycles. The molecule has 0 bridgehead atoms. The van der Waals surface area contributed by atoms with Gasteiger partial charge in [-0.2, -0.15) is 5.10 Å². The summed E-state index contributed by atoms with van der Waals surface area (Å²) in [6.07, 6.45) is 4.25. The van der Waals surface area contributed by atoms with Gasteiger partial charge in [0.25, 0.3) is 5.91 Å². The Kier molecular flexibility index (Phi) is 6.56. The molecule has 44 heavy (non-hydrogen) atoms. The highest BCUT2D eigenvalue weighted by atomic mass is 35.5. The zero-order valence-electron chi connectivity index (χ0n) is 24.3. The molecule has 0 radical (unpaired) electrons. The molecule has 8 rings (SSSR count). The number of fused-ring (bicyclic) bond motifs is 6. The van der Waals surface area contributed by atoms with Crippen molar-refractivity contribution in [3.05, 3.63) is 92.8 Å². The predicted molar refractivity (Wildman–Crippen MR) is 169 cm³/mol. The number of nitrogens with one attached hydrogen (secondary N) is 1. The van der Waals surface area contributed by atoms with Crippen molar-refractivity contribution in [1.29, 1.82) is 0 Å². The molecule has 10 heteroatoms. The first-order valence-electron chi connectivity index (χ1n) is 15.4. The maximum absolute atomic E-state index is 16.1. The first kappa shape index (κ1) is 28.0. The normalized spacial score (nSPS) is 26.1. The van der Waals surface area contributed by atoms with Gasteiger partial charge in [-0.05, 0) is 67.3 Å². The first-order chi connectivity index (χ1) is 21.3. The minimum Gasteiger partial charge on any atom is -0.339 e. The van der Waals surface area contributed by atoms with Gasteiger partial charge in [0.05, 0.1) is 16.6 Å². The molecule has 0 saturated carbocycles. The summed E-state index contributed by atoms with van der Waals surface area (Å²) in [5.41, 5.74) is 3.37. The van der Waals surface area contributed by atoms with E-state index in [-0.39, 0.29) is 28.9 Å². The average molecular weight is 633 g/mol. The molecule has 1 N–H and O–H groups in total. The number of likely N-dealkylation sites (N-methyl/N-ethyl adjacent to an activating group) is 1. The molecule has 226 valence electrons. The molecule has 4 atom stereocenters. The van der Waals surface area contributed by atoms with E-state index in [2.05, 4.69) is 17.1 Å². The quantitative estimate of drug-likeness (QED) is 0.276. The highest BCUT2D eigenvalue weighted by Gasteiger charge is 2.66. The van der Waals surface area contributed by atoms with Gasteiger partial charge in [0.15, 0.2) is 0 Å². The summed E-state index contributed by atoms with van der Waals surface area (Å²) in [6, 6.07) is 16.0. The third-order valence-electron chi connectivity index (χ3n) is 10.4. The van der Waals surface area contributed by atoms with Gasteiger partial charge in [-0.3, -0.25) is 19.2 Å². The molecule has 1 aromatic heterocycles. The highest BCUT2D eigenvalue weighted by molar-refractivity contribution is 6.31. The molecule has 4 aromatic rings. The van der Waals surface area contributed by atoms with Gasteiger partial charge in [0.2, 0.25) is 5.91 Å². The maximum Gasteiger partial charge on any atom is 0.253 e. The van der Waals surface area contributed by atoms with Crippen molar-refractivity contribution in [3.63, 3.8) is 0 Å². The van der Waals surface area contributed by atoms with Crippen LogP contribution in [0.4, 0.5) is 10.1 Å². The third kappa shape index (κ3) is 3.93. The molecule has 0 aliphatic carbocycles. The van der Waals surface area contributed by atoms with E-state index in [4.69, 9.17) is 28.3 Å². The maximum atomic E-state index is 16.1. The Morgan fingerprint density at radius 1 is 1.09 bits per heavy atom. The zero-order chi connectivity index (χ0) is 30.3. The largest absolute Gasteiger partial charge is 0.339 e. The molecular formula is C34H32Cl2FN5O2. The second-order valence-corrected chi connectivity index (χ2v) is 13.3. The molecule has 0 unspecified atom stereocenters. The Morgan fingerprint density at radius 3 is 2.70 bits per heavy atom. The Bertz CT molecular complexity index is 1850. The van der Waals surface area contributed by atoms with Gasteiger partial charge in [-0.15, -0.1) is 0 Å². The number of anilines is 1. The number of halogens is 3. The summed E-state index contributed by atoms with van der Waals surface area (Å²) >= 11 is 12.7. The van der Waals surface area contributed by atoms with Gasteiger partial charge in [-0.25, -0.2) is 4.39 Å². The van der Waals surface area contributed by atoms with Crippen LogP contribution in [0.15, 0.2) is 54.6 Å². The van der Waals surface area contributed by atoms with Crippen molar-refractivity contribution in [3.8, 4) is 0 Å². The summed E-state index contributed by atoms with van der Waals surface area (Å²) in [5, 5.41) is 9.77. The summed E-state index contributed by atoms with van der Waals surface area (Å²) in [7, 11) is 0. The number of amides is 2. The van der Waals surface area contributed by atoms with Crippen molar-refractivity contribution in [2.24, 2.45) is 0 Å². The highest BCUT2D eigenvalue weighted by Crippen LogP contribution is 2.59. The molecule has 4 aliphatic heterocycles. The van der Waals surface area contributed by atoms with Crippen LogP contribution >= 0.6 is 23.2 Å². The second-order valence-electron chi connectivity index (χ2n) is 12.5. The first-order valence-corrected chi connectivity index (χ1v) is 16.2. The van der Waals surface area contributed by atoms with E-state index in [1.54, 1.807) is 24.3 Å². The number of carbonyl (C=O) groups excluding carboxylic acids is 2. The van der Waals surface area contributed by atoms with E-state index in [1.807, 2.05) is 39.9 Å². The van der Waals surface area contributed by atoms with Crippen LogP contribution in [0.25, 0.3) is 10.9 Å². The Hall–Kier alpha value is -3.46. The summed E-state index contributed by atoms with van der Waals surface area (Å²) < 4.78 is 18.1. The minimum atomic E-state index is -1.08. The molecule has 2 amide bonds. The monoisotopic (exact) mass is 631 g/mol. The topological polar surface area (TPSA) is 70.5 Å². The van der Waals surface area contributed by atoms with Crippen LogP contribution in [-0.2, 0) is 17.6 Å². The van der Waals surface area contributed by atoms with Crippen LogP contribution in [0.5, 0.6) is 0 Å². The van der Waals surface area contributed by atoms with Crippen molar-refractivity contribution in [1.82, 2.24) is 19.6 Å². The zero-order valence-corrected chi connectivity index (χ0v) is 25.8. The van der Waals surface area contributed by atoms with Crippen LogP contribution in [-0.4, -0.2) is 62.6 Å². The fourth-order valence-corrected chi connectivity index (χ4v) is 8.89. The van der Waals surface area contributed by atoms with Crippen LogP contribution in [0.3, 0.4) is 0 Å². The van der Waals surface area contributed by atoms with E-state index in [9.17, 15) is 9.59 Å². The lowest BCUT2D eigenvalue weighted by Gasteiger charge is -2.45.